The summed E-state index contributed by atoms with van der Waals surface area (Å²) >= 11 is 6.04. The standard InChI is InChI=1S/C21H18ClF3N2O2/c22-14-3-6-19-17(9-14)18(10-26-19)20(28)12-27-8-7-16(11-27)29-15-4-1-13(2-5-15)21(23,24)25/h1-6,9-10,16,26H,7-8,11-12H2. The number of aromatic nitrogens is 1. The highest BCUT2D eigenvalue weighted by atomic mass is 35.5. The number of nitrogens with zero attached hydrogens (tertiary/aromatic N) is 1. The molecule has 0 spiro atoms. The highest BCUT2D eigenvalue weighted by Crippen LogP contribution is 2.31. The maximum atomic E-state index is 12.7. The molecule has 1 unspecified atom stereocenters. The number of hydrogen-bond donors (Lipinski definition) is 1. The van der Waals surface area contributed by atoms with Gasteiger partial charge in [0.2, 0.25) is 0 Å². The largest absolute Gasteiger partial charge is 0.489 e. The molecule has 0 amide bonds. The Morgan fingerprint density at radius 2 is 1.97 bits per heavy atom. The number of H-pyrrole nitrogens is 1. The van der Waals surface area contributed by atoms with Gasteiger partial charge in [0.1, 0.15) is 11.9 Å². The molecule has 4 nitrogen and oxygen atoms in total. The molecule has 29 heavy (non-hydrogen) atoms. The molecule has 0 aliphatic carbocycles. The molecule has 8 heteroatoms. The first-order chi connectivity index (χ1) is 13.8. The lowest BCUT2D eigenvalue weighted by molar-refractivity contribution is -0.137. The van der Waals surface area contributed by atoms with Crippen molar-refractivity contribution in [2.45, 2.75) is 18.7 Å². The van der Waals surface area contributed by atoms with Crippen molar-refractivity contribution < 1.29 is 22.7 Å². The number of halogens is 4. The molecule has 1 atom stereocenters. The first kappa shape index (κ1) is 19.8. The number of aromatic amines is 1. The molecule has 0 radical (unpaired) electrons. The Morgan fingerprint density at radius 3 is 2.69 bits per heavy atom. The van der Waals surface area contributed by atoms with Gasteiger partial charge >= 0.3 is 6.18 Å². The summed E-state index contributed by atoms with van der Waals surface area (Å²) in [5.41, 5.74) is 0.736. The summed E-state index contributed by atoms with van der Waals surface area (Å²) in [7, 11) is 0. The molecule has 152 valence electrons. The Morgan fingerprint density at radius 1 is 1.21 bits per heavy atom. The Labute approximate surface area is 170 Å². The van der Waals surface area contributed by atoms with Crippen LogP contribution < -0.4 is 4.74 Å². The third kappa shape index (κ3) is 4.41. The van der Waals surface area contributed by atoms with Gasteiger partial charge in [0.25, 0.3) is 0 Å². The fourth-order valence-electron chi connectivity index (χ4n) is 3.56. The molecule has 2 aromatic carbocycles. The minimum atomic E-state index is -4.37. The van der Waals surface area contributed by atoms with Crippen LogP contribution in [-0.4, -0.2) is 41.4 Å². The van der Waals surface area contributed by atoms with Crippen molar-refractivity contribution in [3.8, 4) is 5.75 Å². The molecular formula is C21H18ClF3N2O2. The monoisotopic (exact) mass is 422 g/mol. The highest BCUT2D eigenvalue weighted by Gasteiger charge is 2.30. The number of likely N-dealkylation sites (tertiary alicyclic amines) is 1. The average molecular weight is 423 g/mol. The first-order valence-corrected chi connectivity index (χ1v) is 9.53. The summed E-state index contributed by atoms with van der Waals surface area (Å²) in [5.74, 6) is 0.371. The molecular weight excluding hydrogens is 405 g/mol. The van der Waals surface area contributed by atoms with Gasteiger partial charge in [-0.05, 0) is 48.9 Å². The minimum Gasteiger partial charge on any atom is -0.489 e. The number of fused-ring (bicyclic) bond motifs is 1. The summed E-state index contributed by atoms with van der Waals surface area (Å²) in [6, 6.07) is 10.0. The van der Waals surface area contributed by atoms with Crippen molar-refractivity contribution >= 4 is 28.3 Å². The number of alkyl halides is 3. The minimum absolute atomic E-state index is 0.0197. The van der Waals surface area contributed by atoms with Gasteiger partial charge in [0.05, 0.1) is 12.1 Å². The van der Waals surface area contributed by atoms with Gasteiger partial charge < -0.3 is 9.72 Å². The third-order valence-electron chi connectivity index (χ3n) is 5.02. The number of hydrogen-bond acceptors (Lipinski definition) is 3. The van der Waals surface area contributed by atoms with Crippen LogP contribution in [0.15, 0.2) is 48.7 Å². The zero-order valence-electron chi connectivity index (χ0n) is 15.3. The van der Waals surface area contributed by atoms with Gasteiger partial charge in [0.15, 0.2) is 5.78 Å². The highest BCUT2D eigenvalue weighted by molar-refractivity contribution is 6.31. The third-order valence-corrected chi connectivity index (χ3v) is 5.26. The van der Waals surface area contributed by atoms with Crippen LogP contribution in [0.25, 0.3) is 10.9 Å². The Hall–Kier alpha value is -2.51. The van der Waals surface area contributed by atoms with Crippen molar-refractivity contribution in [3.63, 3.8) is 0 Å². The zero-order valence-corrected chi connectivity index (χ0v) is 16.1. The zero-order chi connectivity index (χ0) is 20.6. The molecule has 1 aliphatic rings. The predicted octanol–water partition coefficient (Wildman–Crippen LogP) is 5.18. The summed E-state index contributed by atoms with van der Waals surface area (Å²) in [4.78, 5) is 17.8. The van der Waals surface area contributed by atoms with E-state index in [0.29, 0.717) is 35.8 Å². The van der Waals surface area contributed by atoms with E-state index in [1.165, 1.54) is 12.1 Å². The van der Waals surface area contributed by atoms with Crippen molar-refractivity contribution in [1.82, 2.24) is 9.88 Å². The van der Waals surface area contributed by atoms with Crippen LogP contribution in [0.2, 0.25) is 5.02 Å². The van der Waals surface area contributed by atoms with Gasteiger partial charge in [-0.25, -0.2) is 0 Å². The fourth-order valence-corrected chi connectivity index (χ4v) is 3.74. The van der Waals surface area contributed by atoms with Crippen LogP contribution in [0.4, 0.5) is 13.2 Å². The molecule has 1 fully saturated rings. The number of Topliss-reactive ketones (excluding diaryl/α,β-unsaturated/α-hetero) is 1. The second-order valence-corrected chi connectivity index (χ2v) is 7.54. The van der Waals surface area contributed by atoms with E-state index < -0.39 is 11.7 Å². The lowest BCUT2D eigenvalue weighted by Gasteiger charge is -2.16. The predicted molar refractivity (Wildman–Crippen MR) is 105 cm³/mol. The van der Waals surface area contributed by atoms with Crippen molar-refractivity contribution in [2.75, 3.05) is 19.6 Å². The van der Waals surface area contributed by atoms with Crippen LogP contribution in [0.5, 0.6) is 5.75 Å². The number of ether oxygens (including phenoxy) is 1. The van der Waals surface area contributed by atoms with Crippen LogP contribution >= 0.6 is 11.6 Å². The maximum Gasteiger partial charge on any atom is 0.416 e. The fraction of sp³-hybridized carbons (Fsp3) is 0.286. The number of rotatable bonds is 5. The summed E-state index contributed by atoms with van der Waals surface area (Å²) in [6.07, 6.45) is -2.14. The quantitative estimate of drug-likeness (QED) is 0.576. The van der Waals surface area contributed by atoms with Crippen LogP contribution in [0.3, 0.4) is 0 Å². The van der Waals surface area contributed by atoms with E-state index in [-0.39, 0.29) is 18.4 Å². The van der Waals surface area contributed by atoms with Crippen LogP contribution in [0, 0.1) is 0 Å². The Bertz CT molecular complexity index is 1030. The number of nitrogens with one attached hydrogen (secondary N) is 1. The molecule has 0 saturated carbocycles. The second-order valence-electron chi connectivity index (χ2n) is 7.10. The molecule has 1 aliphatic heterocycles. The van der Waals surface area contributed by atoms with E-state index in [9.17, 15) is 18.0 Å². The van der Waals surface area contributed by atoms with Crippen LogP contribution in [0.1, 0.15) is 22.3 Å². The van der Waals surface area contributed by atoms with Gasteiger partial charge in [-0.3, -0.25) is 9.69 Å². The molecule has 1 saturated heterocycles. The van der Waals surface area contributed by atoms with Gasteiger partial charge in [-0.1, -0.05) is 11.6 Å². The number of benzene rings is 2. The van der Waals surface area contributed by atoms with E-state index in [1.54, 1.807) is 18.3 Å². The van der Waals surface area contributed by atoms with Crippen LogP contribution in [-0.2, 0) is 6.18 Å². The first-order valence-electron chi connectivity index (χ1n) is 9.16. The van der Waals surface area contributed by atoms with Crippen molar-refractivity contribution in [2.24, 2.45) is 0 Å². The molecule has 4 rings (SSSR count). The molecule has 2 heterocycles. The van der Waals surface area contributed by atoms with E-state index in [2.05, 4.69) is 4.98 Å². The van der Waals surface area contributed by atoms with E-state index in [0.717, 1.165) is 23.0 Å². The van der Waals surface area contributed by atoms with E-state index >= 15 is 0 Å². The summed E-state index contributed by atoms with van der Waals surface area (Å²) < 4.78 is 43.7. The lowest BCUT2D eigenvalue weighted by atomic mass is 10.1. The molecule has 0 bridgehead atoms. The number of ketones is 1. The smallest absolute Gasteiger partial charge is 0.416 e. The van der Waals surface area contributed by atoms with E-state index in [4.69, 9.17) is 16.3 Å². The van der Waals surface area contributed by atoms with Gasteiger partial charge in [-0.15, -0.1) is 0 Å². The Balaban J connectivity index is 1.36. The normalized spacial score (nSPS) is 17.7. The second kappa shape index (κ2) is 7.72. The van der Waals surface area contributed by atoms with Crippen molar-refractivity contribution in [3.05, 3.63) is 64.8 Å². The maximum absolute atomic E-state index is 12.7. The molecule has 1 aromatic heterocycles. The number of carbonyl (C=O) groups excluding carboxylic acids is 1. The molecule has 3 aromatic rings. The molecule has 1 N–H and O–H groups in total. The number of carbonyl (C=O) groups is 1. The SMILES string of the molecule is O=C(CN1CCC(Oc2ccc(C(F)(F)F)cc2)C1)c1c[nH]c2ccc(Cl)cc12. The lowest BCUT2D eigenvalue weighted by Crippen LogP contribution is -2.30. The van der Waals surface area contributed by atoms with Gasteiger partial charge in [0, 0.05) is 40.8 Å². The summed E-state index contributed by atoms with van der Waals surface area (Å²) in [6.45, 7) is 1.46. The van der Waals surface area contributed by atoms with E-state index in [1.807, 2.05) is 11.0 Å². The average Bonchev–Trinajstić information content (AvgIpc) is 3.27. The summed E-state index contributed by atoms with van der Waals surface area (Å²) in [5, 5.41) is 1.36. The van der Waals surface area contributed by atoms with Crippen molar-refractivity contribution in [1.29, 1.82) is 0 Å². The van der Waals surface area contributed by atoms with Gasteiger partial charge in [-0.2, -0.15) is 13.2 Å². The topological polar surface area (TPSA) is 45.3 Å². The Kier molecular flexibility index (Phi) is 5.27.